The highest BCUT2D eigenvalue weighted by Gasteiger charge is 2.56. The monoisotopic (exact) mass is 836 g/mol. The number of alkyl halides is 1. The zero-order chi connectivity index (χ0) is 34.7. The number of ether oxygens (including phenoxy) is 2. The first kappa shape index (κ1) is 47.1. The number of nitrogens with zero attached hydrogens (tertiary/aromatic N) is 4. The number of fused-ring (bicyclic) bond motifs is 3. The number of piperidine rings is 1. The summed E-state index contributed by atoms with van der Waals surface area (Å²) in [5.41, 5.74) is 3.80. The number of carbonyl (C=O) groups is 2. The number of imidazole rings is 2. The first-order valence-electron chi connectivity index (χ1n) is 17.0. The molecule has 2 aromatic carbocycles. The van der Waals surface area contributed by atoms with Crippen molar-refractivity contribution in [3.05, 3.63) is 71.4 Å². The van der Waals surface area contributed by atoms with E-state index in [1.807, 2.05) is 84.0 Å². The number of benzene rings is 2. The van der Waals surface area contributed by atoms with Crippen molar-refractivity contribution in [3.63, 3.8) is 0 Å². The zero-order valence-corrected chi connectivity index (χ0v) is 36.3. The molecule has 16 heteroatoms. The predicted molar refractivity (Wildman–Crippen MR) is 235 cm³/mol. The predicted octanol–water partition coefficient (Wildman–Crippen LogP) is 8.40. The summed E-state index contributed by atoms with van der Waals surface area (Å²) in [5, 5.41) is 0. The number of nitrogens with one attached hydrogen (secondary N) is 2. The van der Waals surface area contributed by atoms with Crippen LogP contribution in [0.5, 0.6) is 0 Å². The summed E-state index contributed by atoms with van der Waals surface area (Å²) in [7, 11) is 0. The van der Waals surface area contributed by atoms with Gasteiger partial charge in [-0.15, -0.1) is 0 Å². The van der Waals surface area contributed by atoms with Gasteiger partial charge in [-0.1, -0.05) is 24.0 Å². The SMILES string of the molecule is CC(C)(C)OC(=O)N1CCC[C@H]1c1ncc(-c2ccc(C#Cc3ccc4nc([C@@H]5[C@@H]6C[C@@H](C[C@@H]6F)N5C(=O)OC(C)(C)C)[nH]c4c3)cc2)[nH]1.S.S.S.S.S. The van der Waals surface area contributed by atoms with E-state index >= 15 is 0 Å². The molecule has 2 amide bonds. The maximum absolute atomic E-state index is 14.9. The second-order valence-electron chi connectivity index (χ2n) is 15.3. The lowest BCUT2D eigenvalue weighted by molar-refractivity contribution is -0.00203. The van der Waals surface area contributed by atoms with Crippen LogP contribution in [0.2, 0.25) is 0 Å². The zero-order valence-electron chi connectivity index (χ0n) is 31.3. The molecule has 4 heterocycles. The number of aromatic nitrogens is 4. The number of hydrogen-bond donors (Lipinski definition) is 2. The van der Waals surface area contributed by atoms with Gasteiger partial charge in [-0.05, 0) is 103 Å². The lowest BCUT2D eigenvalue weighted by atomic mass is 9.96. The summed E-state index contributed by atoms with van der Waals surface area (Å²) >= 11 is 0. The third kappa shape index (κ3) is 10.0. The Morgan fingerprint density at radius 1 is 0.833 bits per heavy atom. The van der Waals surface area contributed by atoms with Crippen LogP contribution in [-0.2, 0) is 9.47 Å². The fraction of sp³-hybridized carbons (Fsp3) is 0.474. The van der Waals surface area contributed by atoms with E-state index in [9.17, 15) is 14.0 Å². The van der Waals surface area contributed by atoms with Crippen molar-refractivity contribution in [1.82, 2.24) is 29.7 Å². The minimum atomic E-state index is -0.980. The first-order chi connectivity index (χ1) is 23.2. The second-order valence-corrected chi connectivity index (χ2v) is 15.3. The van der Waals surface area contributed by atoms with Crippen LogP contribution in [0.25, 0.3) is 22.3 Å². The lowest BCUT2D eigenvalue weighted by Gasteiger charge is -2.36. The van der Waals surface area contributed by atoms with Gasteiger partial charge in [0, 0.05) is 29.6 Å². The van der Waals surface area contributed by atoms with Crippen LogP contribution in [0.4, 0.5) is 14.0 Å². The Morgan fingerprint density at radius 2 is 1.46 bits per heavy atom. The van der Waals surface area contributed by atoms with Crippen molar-refractivity contribution in [1.29, 1.82) is 0 Å². The molecule has 296 valence electrons. The molecular formula is C38H53FN6O4S5. The normalized spacial score (nSPS) is 21.4. The first-order valence-corrected chi connectivity index (χ1v) is 17.0. The third-order valence-corrected chi connectivity index (χ3v) is 9.33. The molecule has 54 heavy (non-hydrogen) atoms. The number of hydrogen-bond acceptors (Lipinski definition) is 6. The molecule has 0 spiro atoms. The van der Waals surface area contributed by atoms with E-state index in [1.165, 1.54) is 0 Å². The van der Waals surface area contributed by atoms with Gasteiger partial charge in [-0.3, -0.25) is 9.80 Å². The lowest BCUT2D eigenvalue weighted by Crippen LogP contribution is -2.45. The largest absolute Gasteiger partial charge is 0.444 e. The van der Waals surface area contributed by atoms with Crippen molar-refractivity contribution < 1.29 is 23.5 Å². The number of H-pyrrole nitrogens is 2. The molecule has 2 N–H and O–H groups in total. The third-order valence-electron chi connectivity index (χ3n) is 9.33. The van der Waals surface area contributed by atoms with E-state index in [0.717, 1.165) is 52.1 Å². The number of amides is 2. The van der Waals surface area contributed by atoms with E-state index in [1.54, 1.807) is 16.0 Å². The van der Waals surface area contributed by atoms with Crippen LogP contribution >= 0.6 is 67.5 Å². The molecular weight excluding hydrogens is 784 g/mol. The average Bonchev–Trinajstić information content (AvgIpc) is 3.85. The van der Waals surface area contributed by atoms with E-state index in [4.69, 9.17) is 14.5 Å². The average molecular weight is 837 g/mol. The molecule has 5 atom stereocenters. The molecule has 0 radical (unpaired) electrons. The minimum Gasteiger partial charge on any atom is -0.444 e. The molecule has 3 fully saturated rings. The van der Waals surface area contributed by atoms with Crippen molar-refractivity contribution in [2.24, 2.45) is 5.92 Å². The standard InChI is InChI=1S/C38H43FN6O4.5H2S/c1-37(2,3)48-35(46)44-17-7-8-31(44)33-40-21-30(43-33)24-14-11-22(12-15-24)9-10-23-13-16-28-29(18-23)42-34(41-28)32-26-19-25(20-27(26)39)45(32)36(47)49-38(4,5)6;;;;;/h11-16,18,21,25-27,31-32H,7-8,17,19-20H2,1-6H3,(H,40,43)(H,41,42);5*1H2/t25-,26+,27-,31-,32-;;;;;/m0...../s1. The summed E-state index contributed by atoms with van der Waals surface area (Å²) in [6, 6.07) is 12.8. The Balaban J connectivity index is 0.00000202. The molecule has 4 aromatic rings. The number of aromatic amines is 2. The van der Waals surface area contributed by atoms with Crippen LogP contribution in [0.1, 0.15) is 102 Å². The van der Waals surface area contributed by atoms with Gasteiger partial charge < -0.3 is 19.4 Å². The van der Waals surface area contributed by atoms with Crippen LogP contribution < -0.4 is 0 Å². The van der Waals surface area contributed by atoms with Gasteiger partial charge in [-0.25, -0.2) is 23.9 Å². The van der Waals surface area contributed by atoms with Gasteiger partial charge in [0.2, 0.25) is 0 Å². The molecule has 2 aliphatic heterocycles. The van der Waals surface area contributed by atoms with E-state index < -0.39 is 29.5 Å². The summed E-state index contributed by atoms with van der Waals surface area (Å²) in [5.74, 6) is 7.48. The molecule has 2 bridgehead atoms. The molecule has 3 aliphatic rings. The fourth-order valence-corrected chi connectivity index (χ4v) is 7.26. The van der Waals surface area contributed by atoms with Gasteiger partial charge in [0.1, 0.15) is 29.0 Å². The topological polar surface area (TPSA) is 116 Å². The van der Waals surface area contributed by atoms with Crippen molar-refractivity contribution in [2.75, 3.05) is 6.54 Å². The van der Waals surface area contributed by atoms with E-state index in [0.29, 0.717) is 25.2 Å². The maximum atomic E-state index is 14.9. The van der Waals surface area contributed by atoms with Gasteiger partial charge in [0.15, 0.2) is 0 Å². The van der Waals surface area contributed by atoms with Crippen LogP contribution in [-0.4, -0.2) is 71.9 Å². The van der Waals surface area contributed by atoms with E-state index in [2.05, 4.69) is 26.8 Å². The molecule has 1 saturated carbocycles. The number of rotatable bonds is 3. The summed E-state index contributed by atoms with van der Waals surface area (Å²) in [6.07, 6.45) is 2.74. The minimum absolute atomic E-state index is 0. The highest BCUT2D eigenvalue weighted by molar-refractivity contribution is 7.60. The maximum Gasteiger partial charge on any atom is 0.411 e. The number of likely N-dealkylation sites (tertiary alicyclic amines) is 2. The second kappa shape index (κ2) is 18.2. The highest BCUT2D eigenvalue weighted by Crippen LogP contribution is 2.51. The molecule has 0 unspecified atom stereocenters. The van der Waals surface area contributed by atoms with Crippen molar-refractivity contribution >= 4 is 90.7 Å². The van der Waals surface area contributed by atoms with Crippen LogP contribution in [0.3, 0.4) is 0 Å². The smallest absolute Gasteiger partial charge is 0.411 e. The van der Waals surface area contributed by atoms with Crippen LogP contribution in [0, 0.1) is 17.8 Å². The summed E-state index contributed by atoms with van der Waals surface area (Å²) in [6.45, 7) is 11.8. The molecule has 10 nitrogen and oxygen atoms in total. The Kier molecular flexibility index (Phi) is 15.9. The fourth-order valence-electron chi connectivity index (χ4n) is 7.26. The van der Waals surface area contributed by atoms with Gasteiger partial charge in [0.05, 0.1) is 35.0 Å². The Morgan fingerprint density at radius 3 is 2.13 bits per heavy atom. The quantitative estimate of drug-likeness (QED) is 0.201. The van der Waals surface area contributed by atoms with Crippen LogP contribution in [0.15, 0.2) is 48.7 Å². The molecule has 2 aromatic heterocycles. The van der Waals surface area contributed by atoms with Gasteiger partial charge in [0.25, 0.3) is 0 Å². The Hall–Kier alpha value is -3.10. The molecule has 1 aliphatic carbocycles. The Bertz CT molecular complexity index is 1970. The van der Waals surface area contributed by atoms with E-state index in [-0.39, 0.29) is 91.6 Å². The van der Waals surface area contributed by atoms with Crippen molar-refractivity contribution in [3.8, 4) is 23.1 Å². The number of halogens is 1. The summed E-state index contributed by atoms with van der Waals surface area (Å²) < 4.78 is 26.2. The molecule has 2 saturated heterocycles. The Labute approximate surface area is 351 Å². The molecule has 7 rings (SSSR count). The van der Waals surface area contributed by atoms with Gasteiger partial charge in [-0.2, -0.15) is 67.5 Å². The van der Waals surface area contributed by atoms with Gasteiger partial charge >= 0.3 is 12.2 Å². The number of carbonyl (C=O) groups excluding carboxylic acids is 2. The highest BCUT2D eigenvalue weighted by atomic mass is 32.1. The van der Waals surface area contributed by atoms with Crippen molar-refractivity contribution in [2.45, 2.75) is 103 Å². The summed E-state index contributed by atoms with van der Waals surface area (Å²) in [4.78, 5) is 45.5.